The Morgan fingerprint density at radius 1 is 1.13 bits per heavy atom. The predicted molar refractivity (Wildman–Crippen MR) is 109 cm³/mol. The number of carboxylic acid groups (broad SMARTS) is 1. The van der Waals surface area contributed by atoms with Crippen molar-refractivity contribution >= 4 is 45.5 Å². The number of aliphatic carboxylic acids is 1. The number of hydrogen-bond acceptors (Lipinski definition) is 7. The quantitative estimate of drug-likeness (QED) is 0.171. The van der Waals surface area contributed by atoms with Crippen LogP contribution in [0.4, 0.5) is 0 Å². The van der Waals surface area contributed by atoms with Gasteiger partial charge in [0.25, 0.3) is 0 Å². The Morgan fingerprint density at radius 2 is 1.77 bits per heavy atom. The molecule has 0 saturated heterocycles. The van der Waals surface area contributed by atoms with E-state index >= 15 is 0 Å². The first kappa shape index (κ1) is 25.2. The maximum absolute atomic E-state index is 12.7. The Morgan fingerprint density at radius 3 is 2.30 bits per heavy atom. The molecular weight excluding hydrogens is 462 g/mol. The minimum absolute atomic E-state index is 0.0478. The van der Waals surface area contributed by atoms with Gasteiger partial charge in [-0.15, -0.1) is 0 Å². The first-order chi connectivity index (χ1) is 14.1. The topological polar surface area (TPSA) is 179 Å². The van der Waals surface area contributed by atoms with Crippen LogP contribution >= 0.6 is 15.9 Å². The van der Waals surface area contributed by atoms with E-state index in [1.165, 1.54) is 0 Å². The van der Waals surface area contributed by atoms with E-state index in [9.17, 15) is 29.1 Å². The van der Waals surface area contributed by atoms with E-state index in [0.29, 0.717) is 5.56 Å². The molecule has 0 spiro atoms. The highest BCUT2D eigenvalue weighted by Gasteiger charge is 2.50. The van der Waals surface area contributed by atoms with Crippen LogP contribution in [0.1, 0.15) is 31.2 Å². The molecule has 0 aliphatic rings. The normalized spacial score (nSPS) is 13.5. The maximum atomic E-state index is 12.7. The van der Waals surface area contributed by atoms with Gasteiger partial charge < -0.3 is 26.6 Å². The van der Waals surface area contributed by atoms with E-state index in [4.69, 9.17) is 16.2 Å². The predicted octanol–water partition coefficient (Wildman–Crippen LogP) is 0.00640. The molecule has 0 fully saturated rings. The molecule has 11 heteroatoms. The van der Waals surface area contributed by atoms with Gasteiger partial charge in [-0.3, -0.25) is 14.4 Å². The first-order valence-electron chi connectivity index (χ1n) is 9.00. The fourth-order valence-electron chi connectivity index (χ4n) is 2.44. The van der Waals surface area contributed by atoms with Gasteiger partial charge >= 0.3 is 11.9 Å². The first-order valence-corrected chi connectivity index (χ1v) is 10.1. The number of carbonyl (C=O) groups is 5. The highest BCUT2D eigenvalue weighted by molar-refractivity contribution is 9.09. The number of nitrogens with two attached hydrogens (primary N) is 2. The summed E-state index contributed by atoms with van der Waals surface area (Å²) in [7, 11) is 0. The van der Waals surface area contributed by atoms with Crippen LogP contribution in [0, 0.1) is 0 Å². The molecule has 0 aliphatic carbocycles. The molecule has 0 bridgehead atoms. The summed E-state index contributed by atoms with van der Waals surface area (Å²) in [6, 6.07) is 7.23. The summed E-state index contributed by atoms with van der Waals surface area (Å²) >= 11 is 2.96. The minimum atomic E-state index is -2.52. The lowest BCUT2D eigenvalue weighted by Crippen LogP contribution is -2.63. The summed E-state index contributed by atoms with van der Waals surface area (Å²) < 4.78 is 5.13. The zero-order valence-electron chi connectivity index (χ0n) is 16.1. The van der Waals surface area contributed by atoms with Gasteiger partial charge in [0.05, 0.1) is 11.4 Å². The van der Waals surface area contributed by atoms with Gasteiger partial charge in [-0.1, -0.05) is 46.3 Å². The van der Waals surface area contributed by atoms with Crippen molar-refractivity contribution in [3.05, 3.63) is 35.9 Å². The Bertz CT molecular complexity index is 788. The average Bonchev–Trinajstić information content (AvgIpc) is 2.73. The van der Waals surface area contributed by atoms with Gasteiger partial charge in [-0.25, -0.2) is 9.59 Å². The van der Waals surface area contributed by atoms with E-state index < -0.39 is 41.8 Å². The van der Waals surface area contributed by atoms with Crippen LogP contribution in [0.15, 0.2) is 30.3 Å². The highest BCUT2D eigenvalue weighted by Crippen LogP contribution is 2.19. The molecule has 2 amide bonds. The maximum Gasteiger partial charge on any atom is 0.344 e. The molecule has 0 saturated carbocycles. The summed E-state index contributed by atoms with van der Waals surface area (Å²) in [4.78, 5) is 59.8. The monoisotopic (exact) mass is 485 g/mol. The highest BCUT2D eigenvalue weighted by atomic mass is 79.9. The van der Waals surface area contributed by atoms with Crippen LogP contribution in [0.5, 0.6) is 0 Å². The van der Waals surface area contributed by atoms with E-state index in [0.717, 1.165) is 0 Å². The molecule has 0 heterocycles. The molecule has 0 aliphatic heterocycles. The second-order valence-corrected chi connectivity index (χ2v) is 7.11. The SMILES string of the molecule is NC(=O)CCC(N)C(=O)NC(CCC(=O)CBr)(C(=O)O)C(=O)OCc1ccccc1. The molecule has 30 heavy (non-hydrogen) atoms. The number of carbonyl (C=O) groups excluding carboxylic acids is 4. The van der Waals surface area contributed by atoms with E-state index in [1.54, 1.807) is 30.3 Å². The number of halogens is 1. The third-order valence-corrected chi connectivity index (χ3v) is 4.85. The Balaban J connectivity index is 3.06. The van der Waals surface area contributed by atoms with Crippen molar-refractivity contribution in [1.29, 1.82) is 0 Å². The number of ketones is 1. The molecule has 0 radical (unpaired) electrons. The molecule has 10 nitrogen and oxygen atoms in total. The second-order valence-electron chi connectivity index (χ2n) is 6.55. The van der Waals surface area contributed by atoms with Crippen molar-refractivity contribution in [2.75, 3.05) is 5.33 Å². The largest absolute Gasteiger partial charge is 0.479 e. The molecule has 2 unspecified atom stereocenters. The number of benzene rings is 1. The zero-order chi connectivity index (χ0) is 22.7. The number of Topliss-reactive ketones (excluding diaryl/α,β-unsaturated/α-hetero) is 1. The fraction of sp³-hybridized carbons (Fsp3) is 0.421. The van der Waals surface area contributed by atoms with E-state index in [-0.39, 0.29) is 37.0 Å². The lowest BCUT2D eigenvalue weighted by molar-refractivity contribution is -0.166. The lowest BCUT2D eigenvalue weighted by Gasteiger charge is -2.29. The minimum Gasteiger partial charge on any atom is -0.479 e. The number of nitrogens with one attached hydrogen (secondary N) is 1. The van der Waals surface area contributed by atoms with Crippen molar-refractivity contribution in [3.63, 3.8) is 0 Å². The summed E-state index contributed by atoms with van der Waals surface area (Å²) in [6.07, 6.45) is -1.19. The van der Waals surface area contributed by atoms with Crippen molar-refractivity contribution in [2.45, 2.75) is 43.9 Å². The molecule has 6 N–H and O–H groups in total. The van der Waals surface area contributed by atoms with Crippen molar-refractivity contribution in [3.8, 4) is 0 Å². The van der Waals surface area contributed by atoms with Crippen molar-refractivity contribution < 1.29 is 33.8 Å². The molecular formula is C19H24BrN3O7. The standard InChI is InChI=1S/C19H24BrN3O7/c20-10-13(24)8-9-19(17(27)28,23-16(26)14(21)6-7-15(22)25)18(29)30-11-12-4-2-1-3-5-12/h1-5,14H,6-11,21H2,(H2,22,25)(H,23,26)(H,27,28). The molecule has 164 valence electrons. The summed E-state index contributed by atoms with van der Waals surface area (Å²) in [5.41, 5.74) is 8.78. The van der Waals surface area contributed by atoms with Gasteiger partial charge in [0, 0.05) is 12.8 Å². The van der Waals surface area contributed by atoms with Crippen LogP contribution in [0.25, 0.3) is 0 Å². The molecule has 0 aromatic heterocycles. The van der Waals surface area contributed by atoms with Gasteiger partial charge in [-0.05, 0) is 18.4 Å². The number of amides is 2. The summed E-state index contributed by atoms with van der Waals surface area (Å²) in [5, 5.41) is 11.8. The van der Waals surface area contributed by atoms with Gasteiger partial charge in [-0.2, -0.15) is 0 Å². The smallest absolute Gasteiger partial charge is 0.344 e. The number of hydrogen-bond donors (Lipinski definition) is 4. The number of rotatable bonds is 13. The number of alkyl halides is 1. The van der Waals surface area contributed by atoms with Crippen LogP contribution in [0.3, 0.4) is 0 Å². The number of ether oxygens (including phenoxy) is 1. The Labute approximate surface area is 181 Å². The molecule has 2 atom stereocenters. The molecule has 1 aromatic carbocycles. The van der Waals surface area contributed by atoms with E-state index in [2.05, 4.69) is 21.2 Å². The van der Waals surface area contributed by atoms with Gasteiger partial charge in [0.1, 0.15) is 12.4 Å². The van der Waals surface area contributed by atoms with E-state index in [1.807, 2.05) is 0 Å². The zero-order valence-corrected chi connectivity index (χ0v) is 17.7. The number of primary amides is 1. The number of esters is 1. The van der Waals surface area contributed by atoms with Crippen LogP contribution in [0.2, 0.25) is 0 Å². The van der Waals surface area contributed by atoms with Crippen LogP contribution in [-0.2, 0) is 35.3 Å². The third-order valence-electron chi connectivity index (χ3n) is 4.23. The fourth-order valence-corrected chi connectivity index (χ4v) is 2.72. The Kier molecular flexibility index (Phi) is 10.1. The lowest BCUT2D eigenvalue weighted by atomic mass is 9.91. The molecule has 1 aromatic rings. The van der Waals surface area contributed by atoms with Gasteiger partial charge in [0.2, 0.25) is 17.4 Å². The summed E-state index contributed by atoms with van der Waals surface area (Å²) in [5.74, 6) is -4.98. The van der Waals surface area contributed by atoms with Gasteiger partial charge in [0.15, 0.2) is 0 Å². The third kappa shape index (κ3) is 7.56. The summed E-state index contributed by atoms with van der Waals surface area (Å²) in [6.45, 7) is -0.231. The second kappa shape index (κ2) is 12.0. The Hall–Kier alpha value is -2.79. The van der Waals surface area contributed by atoms with Crippen LogP contribution < -0.4 is 16.8 Å². The van der Waals surface area contributed by atoms with Crippen molar-refractivity contribution in [1.82, 2.24) is 5.32 Å². The van der Waals surface area contributed by atoms with Crippen LogP contribution in [-0.4, -0.2) is 51.6 Å². The number of carboxylic acids is 1. The van der Waals surface area contributed by atoms with Crippen molar-refractivity contribution in [2.24, 2.45) is 11.5 Å². The molecule has 1 rings (SSSR count). The average molecular weight is 486 g/mol.